The molecule has 0 unspecified atom stereocenters. The maximum Gasteiger partial charge on any atom is 0.0230 e. The summed E-state index contributed by atoms with van der Waals surface area (Å²) in [6.45, 7) is 3.63. The van der Waals surface area contributed by atoms with E-state index in [1.807, 2.05) is 0 Å². The number of rotatable bonds is 3. The highest BCUT2D eigenvalue weighted by molar-refractivity contribution is 5.24. The molecule has 1 aromatic carbocycles. The summed E-state index contributed by atoms with van der Waals surface area (Å²) in [6.07, 6.45) is 12.1. The predicted octanol–water partition coefficient (Wildman–Crippen LogP) is 4.14. The molecule has 1 heterocycles. The molecule has 0 atom stereocenters. The van der Waals surface area contributed by atoms with Crippen LogP contribution < -0.4 is 0 Å². The van der Waals surface area contributed by atoms with Gasteiger partial charge in [-0.3, -0.25) is 4.90 Å². The van der Waals surface area contributed by atoms with Crippen LogP contribution in [0.4, 0.5) is 0 Å². The molecule has 1 aliphatic heterocycles. The molecular weight excluding hydrogens is 230 g/mol. The lowest BCUT2D eigenvalue weighted by atomic mass is 9.89. The predicted molar refractivity (Wildman–Crippen MR) is 81.3 cm³/mol. The molecule has 0 aromatic heterocycles. The van der Waals surface area contributed by atoms with Crippen LogP contribution in [0.15, 0.2) is 54.1 Å². The average molecular weight is 253 g/mol. The molecule has 1 nitrogen and oxygen atoms in total. The van der Waals surface area contributed by atoms with Crippen molar-refractivity contribution in [3.8, 4) is 0 Å². The summed E-state index contributed by atoms with van der Waals surface area (Å²) >= 11 is 0. The summed E-state index contributed by atoms with van der Waals surface area (Å²) in [5.74, 6) is 0.772. The SMILES string of the molecule is C1=CC(CN2CCC(c3ccccc3)CC2)=CCC1. The van der Waals surface area contributed by atoms with Crippen molar-refractivity contribution in [2.75, 3.05) is 19.6 Å². The van der Waals surface area contributed by atoms with Crippen LogP contribution in [0.3, 0.4) is 0 Å². The van der Waals surface area contributed by atoms with Gasteiger partial charge in [-0.05, 0) is 55.8 Å². The van der Waals surface area contributed by atoms with Crippen molar-refractivity contribution < 1.29 is 0 Å². The molecule has 1 heteroatoms. The summed E-state index contributed by atoms with van der Waals surface area (Å²) in [5, 5.41) is 0. The van der Waals surface area contributed by atoms with Gasteiger partial charge in [0.1, 0.15) is 0 Å². The summed E-state index contributed by atoms with van der Waals surface area (Å²) in [7, 11) is 0. The van der Waals surface area contributed by atoms with Crippen LogP contribution in [0.5, 0.6) is 0 Å². The lowest BCUT2D eigenvalue weighted by Gasteiger charge is -2.32. The third kappa shape index (κ3) is 3.36. The molecule has 0 saturated carbocycles. The van der Waals surface area contributed by atoms with E-state index in [0.717, 1.165) is 12.5 Å². The van der Waals surface area contributed by atoms with E-state index in [0.29, 0.717) is 0 Å². The minimum atomic E-state index is 0.772. The lowest BCUT2D eigenvalue weighted by molar-refractivity contribution is 0.229. The highest BCUT2D eigenvalue weighted by atomic mass is 15.1. The van der Waals surface area contributed by atoms with Gasteiger partial charge in [0.15, 0.2) is 0 Å². The number of benzene rings is 1. The van der Waals surface area contributed by atoms with E-state index in [9.17, 15) is 0 Å². The summed E-state index contributed by atoms with van der Waals surface area (Å²) < 4.78 is 0. The number of likely N-dealkylation sites (tertiary alicyclic amines) is 1. The van der Waals surface area contributed by atoms with Gasteiger partial charge in [0.25, 0.3) is 0 Å². The normalized spacial score (nSPS) is 21.4. The second-order valence-electron chi connectivity index (χ2n) is 5.72. The molecule has 0 bridgehead atoms. The molecule has 1 fully saturated rings. The van der Waals surface area contributed by atoms with Crippen LogP contribution in [0, 0.1) is 0 Å². The second kappa shape index (κ2) is 6.21. The van der Waals surface area contributed by atoms with E-state index < -0.39 is 0 Å². The van der Waals surface area contributed by atoms with Gasteiger partial charge in [-0.25, -0.2) is 0 Å². The fourth-order valence-electron chi connectivity index (χ4n) is 3.19. The Balaban J connectivity index is 1.52. The van der Waals surface area contributed by atoms with Gasteiger partial charge in [0, 0.05) is 6.54 Å². The molecule has 1 saturated heterocycles. The standard InChI is InChI=1S/C18H23N/c1-3-7-16(8-4-1)15-19-13-11-18(12-14-19)17-9-5-2-6-10-17/h2-3,5-10,18H,1,4,11-15H2. The van der Waals surface area contributed by atoms with Crippen LogP contribution in [0.2, 0.25) is 0 Å². The van der Waals surface area contributed by atoms with Crippen LogP contribution in [0.1, 0.15) is 37.2 Å². The molecule has 1 aromatic rings. The molecule has 1 aliphatic carbocycles. The molecule has 0 amide bonds. The van der Waals surface area contributed by atoms with Crippen molar-refractivity contribution in [3.63, 3.8) is 0 Å². The Morgan fingerprint density at radius 1 is 1.00 bits per heavy atom. The zero-order valence-electron chi connectivity index (χ0n) is 11.6. The molecular formula is C18H23N. The first-order chi connectivity index (χ1) is 9.42. The quantitative estimate of drug-likeness (QED) is 0.782. The number of nitrogens with zero attached hydrogens (tertiary/aromatic N) is 1. The largest absolute Gasteiger partial charge is 0.299 e. The monoisotopic (exact) mass is 253 g/mol. The number of piperidine rings is 1. The van der Waals surface area contributed by atoms with E-state index in [1.54, 1.807) is 0 Å². The van der Waals surface area contributed by atoms with E-state index >= 15 is 0 Å². The fraction of sp³-hybridized carbons (Fsp3) is 0.444. The maximum absolute atomic E-state index is 2.61. The Kier molecular flexibility index (Phi) is 4.14. The number of hydrogen-bond acceptors (Lipinski definition) is 1. The van der Waals surface area contributed by atoms with Gasteiger partial charge in [-0.2, -0.15) is 0 Å². The Hall–Kier alpha value is -1.34. The van der Waals surface area contributed by atoms with Crippen molar-refractivity contribution >= 4 is 0 Å². The molecule has 0 spiro atoms. The maximum atomic E-state index is 2.61. The van der Waals surface area contributed by atoms with Crippen molar-refractivity contribution in [2.24, 2.45) is 0 Å². The smallest absolute Gasteiger partial charge is 0.0230 e. The van der Waals surface area contributed by atoms with Gasteiger partial charge in [-0.1, -0.05) is 48.6 Å². The molecule has 100 valence electrons. The first-order valence-electron chi connectivity index (χ1n) is 7.55. The van der Waals surface area contributed by atoms with Crippen molar-refractivity contribution in [1.29, 1.82) is 0 Å². The first kappa shape index (κ1) is 12.7. The molecule has 19 heavy (non-hydrogen) atoms. The van der Waals surface area contributed by atoms with Crippen molar-refractivity contribution in [1.82, 2.24) is 4.90 Å². The van der Waals surface area contributed by atoms with E-state index in [2.05, 4.69) is 53.5 Å². The summed E-state index contributed by atoms with van der Waals surface area (Å²) in [5.41, 5.74) is 3.04. The fourth-order valence-corrected chi connectivity index (χ4v) is 3.19. The van der Waals surface area contributed by atoms with Crippen molar-refractivity contribution in [2.45, 2.75) is 31.6 Å². The lowest BCUT2D eigenvalue weighted by Crippen LogP contribution is -2.34. The molecule has 0 radical (unpaired) electrons. The van der Waals surface area contributed by atoms with E-state index in [-0.39, 0.29) is 0 Å². The third-order valence-electron chi connectivity index (χ3n) is 4.34. The summed E-state index contributed by atoms with van der Waals surface area (Å²) in [6, 6.07) is 11.0. The Morgan fingerprint density at radius 3 is 2.47 bits per heavy atom. The van der Waals surface area contributed by atoms with Gasteiger partial charge in [-0.15, -0.1) is 0 Å². The average Bonchev–Trinajstić information content (AvgIpc) is 2.50. The molecule has 0 N–H and O–H groups in total. The Labute approximate surface area is 116 Å². The highest BCUT2D eigenvalue weighted by Gasteiger charge is 2.20. The Bertz CT molecular complexity index is 450. The van der Waals surface area contributed by atoms with Crippen molar-refractivity contribution in [3.05, 3.63) is 59.7 Å². The number of hydrogen-bond donors (Lipinski definition) is 0. The Morgan fingerprint density at radius 2 is 1.79 bits per heavy atom. The van der Waals surface area contributed by atoms with Crippen LogP contribution >= 0.6 is 0 Å². The summed E-state index contributed by atoms with van der Waals surface area (Å²) in [4.78, 5) is 2.61. The highest BCUT2D eigenvalue weighted by Crippen LogP contribution is 2.28. The zero-order chi connectivity index (χ0) is 12.9. The zero-order valence-corrected chi connectivity index (χ0v) is 11.6. The molecule has 2 aliphatic rings. The van der Waals surface area contributed by atoms with Crippen LogP contribution in [-0.4, -0.2) is 24.5 Å². The van der Waals surface area contributed by atoms with Gasteiger partial charge < -0.3 is 0 Å². The van der Waals surface area contributed by atoms with Gasteiger partial charge in [0.05, 0.1) is 0 Å². The second-order valence-corrected chi connectivity index (χ2v) is 5.72. The van der Waals surface area contributed by atoms with E-state index in [4.69, 9.17) is 0 Å². The van der Waals surface area contributed by atoms with Crippen LogP contribution in [0.25, 0.3) is 0 Å². The topological polar surface area (TPSA) is 3.24 Å². The number of allylic oxidation sites excluding steroid dienone is 2. The van der Waals surface area contributed by atoms with Gasteiger partial charge in [0.2, 0.25) is 0 Å². The van der Waals surface area contributed by atoms with Crippen LogP contribution in [-0.2, 0) is 0 Å². The molecule has 3 rings (SSSR count). The first-order valence-corrected chi connectivity index (χ1v) is 7.55. The van der Waals surface area contributed by atoms with Gasteiger partial charge >= 0.3 is 0 Å². The third-order valence-corrected chi connectivity index (χ3v) is 4.34. The van der Waals surface area contributed by atoms with E-state index in [1.165, 1.54) is 49.9 Å². The minimum absolute atomic E-state index is 0.772. The minimum Gasteiger partial charge on any atom is -0.299 e.